The molecule has 0 aliphatic carbocycles. The SMILES string of the molecule is CC/C=C\C/C=C\C/C=C\C/C=C\C/C=C\CCCCCC(=O)OCC(COP(=O)(O)OCC(CO)OC(=O)CCCCCCC/C=C\CCCCCCCC)OC(=O)CCCCCCCCC/C=C\C/C=C\CCCCC. The first-order chi connectivity index (χ1) is 38.2. The van der Waals surface area contributed by atoms with Gasteiger partial charge in [0.25, 0.3) is 0 Å². The Labute approximate surface area is 476 Å². The lowest BCUT2D eigenvalue weighted by Gasteiger charge is -2.21. The minimum absolute atomic E-state index is 0.147. The average molecular weight is 1110 g/mol. The van der Waals surface area contributed by atoms with Crippen molar-refractivity contribution in [3.8, 4) is 0 Å². The van der Waals surface area contributed by atoms with E-state index in [0.717, 1.165) is 128 Å². The predicted octanol–water partition coefficient (Wildman–Crippen LogP) is 18.8. The van der Waals surface area contributed by atoms with Crippen LogP contribution in [0.1, 0.15) is 265 Å². The van der Waals surface area contributed by atoms with Gasteiger partial charge in [0.15, 0.2) is 6.10 Å². The van der Waals surface area contributed by atoms with Crippen LogP contribution in [-0.4, -0.2) is 66.5 Å². The monoisotopic (exact) mass is 1110 g/mol. The molecule has 0 aromatic carbocycles. The third-order valence-corrected chi connectivity index (χ3v) is 13.9. The van der Waals surface area contributed by atoms with Crippen LogP contribution in [-0.2, 0) is 42.2 Å². The van der Waals surface area contributed by atoms with Crippen LogP contribution in [0.5, 0.6) is 0 Å². The minimum Gasteiger partial charge on any atom is -0.462 e. The molecular formula is C66H113O11P. The maximum absolute atomic E-state index is 12.9. The van der Waals surface area contributed by atoms with Crippen molar-refractivity contribution in [3.05, 3.63) is 97.2 Å². The van der Waals surface area contributed by atoms with E-state index >= 15 is 0 Å². The highest BCUT2D eigenvalue weighted by molar-refractivity contribution is 7.47. The molecule has 0 aromatic rings. The van der Waals surface area contributed by atoms with Crippen LogP contribution < -0.4 is 0 Å². The molecule has 11 nitrogen and oxygen atoms in total. The molecule has 2 N–H and O–H groups in total. The number of carbonyl (C=O) groups is 3. The van der Waals surface area contributed by atoms with E-state index < -0.39 is 57.8 Å². The van der Waals surface area contributed by atoms with Crippen LogP contribution in [0.2, 0.25) is 0 Å². The summed E-state index contributed by atoms with van der Waals surface area (Å²) in [6, 6.07) is 0. The fraction of sp³-hybridized carbons (Fsp3) is 0.712. The van der Waals surface area contributed by atoms with Crippen LogP contribution >= 0.6 is 7.82 Å². The molecule has 12 heteroatoms. The fourth-order valence-corrected chi connectivity index (χ4v) is 9.01. The van der Waals surface area contributed by atoms with E-state index in [1.165, 1.54) is 77.0 Å². The van der Waals surface area contributed by atoms with Crippen molar-refractivity contribution in [2.45, 2.75) is 277 Å². The number of phosphoric ester groups is 1. The van der Waals surface area contributed by atoms with Gasteiger partial charge >= 0.3 is 25.7 Å². The first-order valence-corrected chi connectivity index (χ1v) is 32.6. The van der Waals surface area contributed by atoms with Gasteiger partial charge < -0.3 is 24.2 Å². The summed E-state index contributed by atoms with van der Waals surface area (Å²) in [5.41, 5.74) is 0. The summed E-state index contributed by atoms with van der Waals surface area (Å²) in [5.74, 6) is -1.52. The molecule has 0 rings (SSSR count). The van der Waals surface area contributed by atoms with Crippen LogP contribution in [0.15, 0.2) is 97.2 Å². The Morgan fingerprint density at radius 3 is 1.08 bits per heavy atom. The molecule has 0 saturated heterocycles. The van der Waals surface area contributed by atoms with E-state index in [-0.39, 0.29) is 25.9 Å². The van der Waals surface area contributed by atoms with Crippen molar-refractivity contribution < 1.29 is 52.2 Å². The highest BCUT2D eigenvalue weighted by atomic mass is 31.2. The molecule has 0 heterocycles. The Hall–Kier alpha value is -3.60. The normalized spacial score (nSPS) is 14.0. The Kier molecular flexibility index (Phi) is 56.8. The highest BCUT2D eigenvalue weighted by Gasteiger charge is 2.28. The average Bonchev–Trinajstić information content (AvgIpc) is 3.43. The molecule has 0 spiro atoms. The Balaban J connectivity index is 4.79. The standard InChI is InChI=1S/C66H113O11P/c1-4-7-10-13-16-19-22-25-28-30-31-33-35-37-40-43-46-49-52-55-64(68)73-59-63(77-66(70)57-54-51-48-45-42-39-36-32-29-26-23-20-17-14-11-8-5-2)61-75-78(71,72)74-60-62(58-67)76-65(69)56-53-50-47-44-41-38-34-27-24-21-18-15-12-9-6-3/h7,10,16-17,19-20,25-29,31,33-34,37,40,62-63,67H,4-6,8-9,11-15,18,21-24,30,32,35-36,38-39,41-61H2,1-3H3,(H,71,72)/b10-7-,19-16-,20-17-,28-25-,29-26-,33-31-,34-27-,40-37-. The van der Waals surface area contributed by atoms with Gasteiger partial charge in [0.1, 0.15) is 12.7 Å². The smallest absolute Gasteiger partial charge is 0.462 e. The van der Waals surface area contributed by atoms with E-state index in [2.05, 4.69) is 118 Å². The van der Waals surface area contributed by atoms with Crippen molar-refractivity contribution in [1.29, 1.82) is 0 Å². The zero-order valence-electron chi connectivity index (χ0n) is 49.6. The molecule has 0 bridgehead atoms. The number of allylic oxidation sites excluding steroid dienone is 16. The zero-order valence-corrected chi connectivity index (χ0v) is 50.5. The van der Waals surface area contributed by atoms with Crippen LogP contribution in [0.3, 0.4) is 0 Å². The Morgan fingerprint density at radius 2 is 0.667 bits per heavy atom. The second-order valence-electron chi connectivity index (χ2n) is 20.5. The van der Waals surface area contributed by atoms with Gasteiger partial charge in [-0.2, -0.15) is 0 Å². The summed E-state index contributed by atoms with van der Waals surface area (Å²) >= 11 is 0. The van der Waals surface area contributed by atoms with Crippen molar-refractivity contribution in [2.75, 3.05) is 26.4 Å². The van der Waals surface area contributed by atoms with Gasteiger partial charge in [0.2, 0.25) is 0 Å². The topological polar surface area (TPSA) is 155 Å². The van der Waals surface area contributed by atoms with E-state index in [1.54, 1.807) is 0 Å². The lowest BCUT2D eigenvalue weighted by Crippen LogP contribution is -2.30. The Bertz CT molecular complexity index is 1680. The van der Waals surface area contributed by atoms with E-state index in [0.29, 0.717) is 19.3 Å². The summed E-state index contributed by atoms with van der Waals surface area (Å²) in [6.45, 7) is 4.46. The van der Waals surface area contributed by atoms with Gasteiger partial charge in [0, 0.05) is 19.3 Å². The predicted molar refractivity (Wildman–Crippen MR) is 325 cm³/mol. The fourth-order valence-electron chi connectivity index (χ4n) is 8.23. The molecule has 3 atom stereocenters. The van der Waals surface area contributed by atoms with E-state index in [4.69, 9.17) is 23.3 Å². The lowest BCUT2D eigenvalue weighted by molar-refractivity contribution is -0.161. The van der Waals surface area contributed by atoms with Gasteiger partial charge in [-0.15, -0.1) is 0 Å². The van der Waals surface area contributed by atoms with Crippen molar-refractivity contribution >= 4 is 25.7 Å². The second-order valence-corrected chi connectivity index (χ2v) is 21.9. The molecule has 448 valence electrons. The van der Waals surface area contributed by atoms with Crippen molar-refractivity contribution in [3.63, 3.8) is 0 Å². The number of phosphoric acid groups is 1. The molecule has 0 aromatic heterocycles. The van der Waals surface area contributed by atoms with E-state index in [9.17, 15) is 28.9 Å². The third kappa shape index (κ3) is 57.1. The first kappa shape index (κ1) is 74.4. The van der Waals surface area contributed by atoms with Crippen molar-refractivity contribution in [2.24, 2.45) is 0 Å². The summed E-state index contributed by atoms with van der Waals surface area (Å²) < 4.78 is 39.6. The van der Waals surface area contributed by atoms with Crippen LogP contribution in [0.4, 0.5) is 0 Å². The van der Waals surface area contributed by atoms with Crippen LogP contribution in [0, 0.1) is 0 Å². The minimum atomic E-state index is -4.77. The summed E-state index contributed by atoms with van der Waals surface area (Å²) in [5, 5.41) is 9.84. The molecule has 0 aliphatic rings. The first-order valence-electron chi connectivity index (χ1n) is 31.1. The lowest BCUT2D eigenvalue weighted by atomic mass is 10.1. The second kappa shape index (κ2) is 59.5. The molecule has 3 unspecified atom stereocenters. The summed E-state index contributed by atoms with van der Waals surface area (Å²) in [6.07, 6.45) is 70.7. The molecule has 0 amide bonds. The Morgan fingerprint density at radius 1 is 0.372 bits per heavy atom. The number of unbranched alkanes of at least 4 members (excludes halogenated alkanes) is 24. The maximum Gasteiger partial charge on any atom is 0.472 e. The molecule has 0 saturated carbocycles. The van der Waals surface area contributed by atoms with Gasteiger partial charge in [-0.25, -0.2) is 4.57 Å². The van der Waals surface area contributed by atoms with Gasteiger partial charge in [-0.3, -0.25) is 23.4 Å². The van der Waals surface area contributed by atoms with Gasteiger partial charge in [-0.05, 0) is 122 Å². The molecular weight excluding hydrogens is 1000 g/mol. The highest BCUT2D eigenvalue weighted by Crippen LogP contribution is 2.43. The molecule has 0 fully saturated rings. The number of esters is 3. The number of rotatable bonds is 57. The number of hydrogen-bond donors (Lipinski definition) is 2. The number of ether oxygens (including phenoxy) is 3. The molecule has 78 heavy (non-hydrogen) atoms. The quantitative estimate of drug-likeness (QED) is 0.0197. The number of aliphatic hydroxyl groups is 1. The summed E-state index contributed by atoms with van der Waals surface area (Å²) in [7, 11) is -4.77. The number of hydrogen-bond acceptors (Lipinski definition) is 10. The molecule has 0 aliphatic heterocycles. The number of carbonyl (C=O) groups excluding carboxylic acids is 3. The van der Waals surface area contributed by atoms with Gasteiger partial charge in [0.05, 0.1) is 19.8 Å². The maximum atomic E-state index is 12.9. The third-order valence-electron chi connectivity index (χ3n) is 13.0. The van der Waals surface area contributed by atoms with Gasteiger partial charge in [-0.1, -0.05) is 221 Å². The van der Waals surface area contributed by atoms with Crippen molar-refractivity contribution in [1.82, 2.24) is 0 Å². The van der Waals surface area contributed by atoms with E-state index in [1.807, 2.05) is 0 Å². The summed E-state index contributed by atoms with van der Waals surface area (Å²) in [4.78, 5) is 48.7. The van der Waals surface area contributed by atoms with Crippen LogP contribution in [0.25, 0.3) is 0 Å². The number of aliphatic hydroxyl groups excluding tert-OH is 1. The molecule has 0 radical (unpaired) electrons. The zero-order chi connectivity index (χ0) is 56.9. The largest absolute Gasteiger partial charge is 0.472 e.